The molecule has 0 aromatic heterocycles. The lowest BCUT2D eigenvalue weighted by Crippen LogP contribution is -2.56. The van der Waals surface area contributed by atoms with Gasteiger partial charge in [-0.15, -0.1) is 0 Å². The number of carbonyl (C=O) groups is 2. The molecule has 0 radical (unpaired) electrons. The first kappa shape index (κ1) is 24.3. The lowest BCUT2D eigenvalue weighted by atomic mass is 9.71. The van der Waals surface area contributed by atoms with Gasteiger partial charge >= 0.3 is 7.05 Å². The molecular weight excluding hydrogens is 419 g/mol. The van der Waals surface area contributed by atoms with Gasteiger partial charge in [0.05, 0.1) is 19.4 Å². The number of benzene rings is 2. The maximum Gasteiger partial charge on any atom is 0.464 e. The quantitative estimate of drug-likeness (QED) is 0.479. The van der Waals surface area contributed by atoms with Crippen LogP contribution in [0, 0.1) is 12.3 Å². The number of rotatable bonds is 5. The van der Waals surface area contributed by atoms with Crippen LogP contribution in [0.1, 0.15) is 66.0 Å². The van der Waals surface area contributed by atoms with Crippen LogP contribution in [0.25, 0.3) is 0 Å². The molecule has 0 saturated carbocycles. The summed E-state index contributed by atoms with van der Waals surface area (Å²) in [5, 5.41) is 18.0. The van der Waals surface area contributed by atoms with E-state index in [9.17, 15) is 14.6 Å². The van der Waals surface area contributed by atoms with Crippen molar-refractivity contribution >= 4 is 30.5 Å². The molecular formula is C24H31BN4O4. The molecule has 0 spiro atoms. The average Bonchev–Trinajstić information content (AvgIpc) is 2.77. The molecule has 0 bridgehead atoms. The van der Waals surface area contributed by atoms with Crippen molar-refractivity contribution in [3.8, 4) is 5.75 Å². The topological polar surface area (TPSA) is 103 Å². The number of methoxy groups -OCH3 is 1. The molecule has 1 aliphatic heterocycles. The van der Waals surface area contributed by atoms with Gasteiger partial charge in [0.2, 0.25) is 0 Å². The number of hydrogen-bond donors (Lipinski definition) is 3. The molecule has 174 valence electrons. The van der Waals surface area contributed by atoms with Crippen molar-refractivity contribution in [1.82, 2.24) is 15.8 Å². The summed E-state index contributed by atoms with van der Waals surface area (Å²) in [7, 11) is 0.553. The molecule has 1 atom stereocenters. The van der Waals surface area contributed by atoms with E-state index in [-0.39, 0.29) is 17.4 Å². The SMILES string of the molecule is CCC(N(NC(=O)c1ccc2c(c1)B(O)NN=C2)C(=O)c1cccc(OC)c1C)C(C)(C)C. The number of hydrogen-bond acceptors (Lipinski definition) is 6. The number of carbonyl (C=O) groups excluding carboxylic acids is 2. The Hall–Kier alpha value is -3.33. The lowest BCUT2D eigenvalue weighted by molar-refractivity contribution is 0.0284. The van der Waals surface area contributed by atoms with Crippen molar-refractivity contribution in [3.05, 3.63) is 58.7 Å². The minimum Gasteiger partial charge on any atom is -0.496 e. The second-order valence-corrected chi connectivity index (χ2v) is 9.17. The Bertz CT molecular complexity index is 1080. The van der Waals surface area contributed by atoms with Crippen LogP contribution in [0.3, 0.4) is 0 Å². The number of fused-ring (bicyclic) bond motifs is 1. The Kier molecular flexibility index (Phi) is 7.12. The highest BCUT2D eigenvalue weighted by Crippen LogP contribution is 2.29. The van der Waals surface area contributed by atoms with Crippen molar-refractivity contribution in [2.75, 3.05) is 7.11 Å². The van der Waals surface area contributed by atoms with Crippen molar-refractivity contribution < 1.29 is 19.3 Å². The van der Waals surface area contributed by atoms with Crippen LogP contribution in [-0.2, 0) is 0 Å². The summed E-state index contributed by atoms with van der Waals surface area (Å²) in [5.41, 5.74) is 5.30. The number of ether oxygens (including phenoxy) is 1. The van der Waals surface area contributed by atoms with Crippen LogP contribution >= 0.6 is 0 Å². The minimum absolute atomic E-state index is 0.267. The van der Waals surface area contributed by atoms with Crippen LogP contribution in [0.4, 0.5) is 0 Å². The fourth-order valence-corrected chi connectivity index (χ4v) is 4.14. The van der Waals surface area contributed by atoms with Gasteiger partial charge in [0.1, 0.15) is 5.75 Å². The zero-order valence-electron chi connectivity index (χ0n) is 20.0. The van der Waals surface area contributed by atoms with Gasteiger partial charge in [0.15, 0.2) is 0 Å². The van der Waals surface area contributed by atoms with Crippen LogP contribution in [-0.4, -0.2) is 48.3 Å². The van der Waals surface area contributed by atoms with Crippen molar-refractivity contribution in [1.29, 1.82) is 0 Å². The van der Waals surface area contributed by atoms with Crippen molar-refractivity contribution in [3.63, 3.8) is 0 Å². The number of nitrogens with one attached hydrogen (secondary N) is 2. The average molecular weight is 450 g/mol. The molecule has 2 aromatic rings. The molecule has 3 rings (SSSR count). The van der Waals surface area contributed by atoms with Gasteiger partial charge in [-0.05, 0) is 54.1 Å². The molecule has 8 nitrogen and oxygen atoms in total. The molecule has 2 aromatic carbocycles. The Morgan fingerprint density at radius 1 is 1.27 bits per heavy atom. The Morgan fingerprint density at radius 3 is 2.64 bits per heavy atom. The molecule has 33 heavy (non-hydrogen) atoms. The van der Waals surface area contributed by atoms with Gasteiger partial charge in [-0.25, -0.2) is 5.01 Å². The third-order valence-electron chi connectivity index (χ3n) is 5.92. The molecule has 1 heterocycles. The minimum atomic E-state index is -1.01. The Morgan fingerprint density at radius 2 is 2.00 bits per heavy atom. The van der Waals surface area contributed by atoms with E-state index in [0.717, 1.165) is 5.56 Å². The third kappa shape index (κ3) is 5.03. The highest BCUT2D eigenvalue weighted by Gasteiger charge is 2.35. The van der Waals surface area contributed by atoms with E-state index in [4.69, 9.17) is 4.74 Å². The van der Waals surface area contributed by atoms with Gasteiger partial charge in [0.25, 0.3) is 11.8 Å². The second-order valence-electron chi connectivity index (χ2n) is 9.17. The van der Waals surface area contributed by atoms with E-state index < -0.39 is 13.0 Å². The molecule has 1 unspecified atom stereocenters. The van der Waals surface area contributed by atoms with Crippen molar-refractivity contribution in [2.45, 2.75) is 47.1 Å². The Balaban J connectivity index is 1.99. The largest absolute Gasteiger partial charge is 0.496 e. The van der Waals surface area contributed by atoms with Crippen LogP contribution < -0.4 is 21.0 Å². The summed E-state index contributed by atoms with van der Waals surface area (Å²) >= 11 is 0. The van der Waals surface area contributed by atoms with Gasteiger partial charge < -0.3 is 15.1 Å². The predicted octanol–water partition coefficient (Wildman–Crippen LogP) is 2.24. The van der Waals surface area contributed by atoms with E-state index in [1.54, 1.807) is 49.7 Å². The standard InChI is InChI=1S/C24H31BN4O4/c1-7-21(24(3,4)5)29(23(31)18-9-8-10-20(33-6)15(18)2)27-22(30)16-11-12-17-14-26-28-25(32)19(17)13-16/h8-14,21,28,32H,7H2,1-6H3,(H,27,30). The normalized spacial score (nSPS) is 13.6. The number of hydrazone groups is 1. The number of hydrazine groups is 1. The fourth-order valence-electron chi connectivity index (χ4n) is 4.14. The molecule has 9 heteroatoms. The highest BCUT2D eigenvalue weighted by molar-refractivity contribution is 6.65. The van der Waals surface area contributed by atoms with Gasteiger partial charge in [-0.3, -0.25) is 15.0 Å². The predicted molar refractivity (Wildman–Crippen MR) is 130 cm³/mol. The first-order valence-electron chi connectivity index (χ1n) is 11.0. The second kappa shape index (κ2) is 9.66. The van der Waals surface area contributed by atoms with E-state index in [1.807, 2.05) is 34.6 Å². The van der Waals surface area contributed by atoms with E-state index in [0.29, 0.717) is 34.3 Å². The maximum absolute atomic E-state index is 13.7. The first-order valence-corrected chi connectivity index (χ1v) is 11.0. The van der Waals surface area contributed by atoms with E-state index in [2.05, 4.69) is 15.9 Å². The van der Waals surface area contributed by atoms with Crippen LogP contribution in [0.15, 0.2) is 41.5 Å². The number of nitrogens with zero attached hydrogens (tertiary/aromatic N) is 2. The molecule has 0 fully saturated rings. The summed E-state index contributed by atoms with van der Waals surface area (Å²) in [5.74, 6) is -0.147. The zero-order valence-corrected chi connectivity index (χ0v) is 20.0. The van der Waals surface area contributed by atoms with E-state index >= 15 is 0 Å². The molecule has 2 amide bonds. The molecule has 0 saturated heterocycles. The number of amides is 2. The lowest BCUT2D eigenvalue weighted by Gasteiger charge is -2.39. The monoisotopic (exact) mass is 450 g/mol. The molecule has 3 N–H and O–H groups in total. The molecule has 0 aliphatic carbocycles. The highest BCUT2D eigenvalue weighted by atomic mass is 16.5. The van der Waals surface area contributed by atoms with E-state index in [1.165, 1.54) is 5.01 Å². The summed E-state index contributed by atoms with van der Waals surface area (Å²) in [6, 6.07) is 9.99. The van der Waals surface area contributed by atoms with Crippen molar-refractivity contribution in [2.24, 2.45) is 10.5 Å². The summed E-state index contributed by atoms with van der Waals surface area (Å²) < 4.78 is 5.38. The maximum atomic E-state index is 13.7. The van der Waals surface area contributed by atoms with Gasteiger partial charge in [-0.2, -0.15) is 5.10 Å². The first-order chi connectivity index (χ1) is 15.6. The smallest absolute Gasteiger partial charge is 0.464 e. The van der Waals surface area contributed by atoms with Gasteiger partial charge in [0, 0.05) is 16.7 Å². The zero-order chi connectivity index (χ0) is 24.3. The summed E-state index contributed by atoms with van der Waals surface area (Å²) in [4.78, 5) is 27.0. The third-order valence-corrected chi connectivity index (χ3v) is 5.92. The fraction of sp³-hybridized carbons (Fsp3) is 0.375. The molecule has 1 aliphatic rings. The summed E-state index contributed by atoms with van der Waals surface area (Å²) in [6.45, 7) is 9.91. The Labute approximate surface area is 195 Å². The van der Waals surface area contributed by atoms with Gasteiger partial charge in [-0.1, -0.05) is 39.8 Å². The van der Waals surface area contributed by atoms with Crippen LogP contribution in [0.5, 0.6) is 5.75 Å². The van der Waals surface area contributed by atoms with Crippen LogP contribution in [0.2, 0.25) is 0 Å². The summed E-state index contributed by atoms with van der Waals surface area (Å²) in [6.07, 6.45) is 2.22.